The predicted molar refractivity (Wildman–Crippen MR) is 75.2 cm³/mol. The standard InChI is InChI=1S/C15H14ClNO/c1-9-4-3-5-13(14(9)16)15(18)12-7-6-11(17)8-10(12)2/h3-8H,17H2,1-2H3. The van der Waals surface area contributed by atoms with Gasteiger partial charge in [0.25, 0.3) is 0 Å². The van der Waals surface area contributed by atoms with Gasteiger partial charge in [-0.2, -0.15) is 0 Å². The Kier molecular flexibility index (Phi) is 3.39. The first-order valence-electron chi connectivity index (χ1n) is 5.66. The average Bonchev–Trinajstić information content (AvgIpc) is 2.32. The van der Waals surface area contributed by atoms with Crippen LogP contribution >= 0.6 is 11.6 Å². The number of hydrogen-bond donors (Lipinski definition) is 1. The normalized spacial score (nSPS) is 10.4. The number of carbonyl (C=O) groups excluding carboxylic acids is 1. The lowest BCUT2D eigenvalue weighted by Gasteiger charge is -2.08. The molecule has 3 heteroatoms. The molecule has 0 atom stereocenters. The van der Waals surface area contributed by atoms with Gasteiger partial charge in [-0.05, 0) is 49.2 Å². The lowest BCUT2D eigenvalue weighted by Crippen LogP contribution is -2.05. The summed E-state index contributed by atoms with van der Waals surface area (Å²) in [4.78, 5) is 12.4. The molecule has 0 aromatic heterocycles. The Balaban J connectivity index is 2.51. The van der Waals surface area contributed by atoms with Gasteiger partial charge in [-0.25, -0.2) is 0 Å². The number of hydrogen-bond acceptors (Lipinski definition) is 2. The van der Waals surface area contributed by atoms with Gasteiger partial charge in [-0.3, -0.25) is 4.79 Å². The smallest absolute Gasteiger partial charge is 0.194 e. The maximum Gasteiger partial charge on any atom is 0.194 e. The van der Waals surface area contributed by atoms with Crippen molar-refractivity contribution in [2.75, 3.05) is 5.73 Å². The molecule has 2 N–H and O–H groups in total. The van der Waals surface area contributed by atoms with Crippen molar-refractivity contribution in [3.8, 4) is 0 Å². The van der Waals surface area contributed by atoms with E-state index in [0.29, 0.717) is 21.8 Å². The number of ketones is 1. The molecule has 0 unspecified atom stereocenters. The first kappa shape index (κ1) is 12.7. The molecule has 0 spiro atoms. The third-order valence-electron chi connectivity index (χ3n) is 2.93. The van der Waals surface area contributed by atoms with Crippen molar-refractivity contribution in [3.63, 3.8) is 0 Å². The van der Waals surface area contributed by atoms with E-state index in [1.54, 1.807) is 24.3 Å². The van der Waals surface area contributed by atoms with Gasteiger partial charge >= 0.3 is 0 Å². The number of halogens is 1. The molecule has 2 aromatic rings. The molecule has 0 aliphatic heterocycles. The Morgan fingerprint density at radius 2 is 1.78 bits per heavy atom. The molecule has 0 heterocycles. The van der Waals surface area contributed by atoms with E-state index in [4.69, 9.17) is 17.3 Å². The van der Waals surface area contributed by atoms with Crippen molar-refractivity contribution in [3.05, 3.63) is 63.7 Å². The zero-order chi connectivity index (χ0) is 13.3. The maximum atomic E-state index is 12.4. The van der Waals surface area contributed by atoms with Crippen LogP contribution in [-0.4, -0.2) is 5.78 Å². The molecule has 0 amide bonds. The summed E-state index contributed by atoms with van der Waals surface area (Å²) >= 11 is 6.18. The van der Waals surface area contributed by atoms with E-state index in [1.165, 1.54) is 0 Å². The highest BCUT2D eigenvalue weighted by molar-refractivity contribution is 6.35. The quantitative estimate of drug-likeness (QED) is 0.659. The Labute approximate surface area is 111 Å². The molecule has 2 aromatic carbocycles. The number of aryl methyl sites for hydroxylation is 2. The zero-order valence-electron chi connectivity index (χ0n) is 10.3. The van der Waals surface area contributed by atoms with Crippen LogP contribution in [0.25, 0.3) is 0 Å². The largest absolute Gasteiger partial charge is 0.399 e. The highest BCUT2D eigenvalue weighted by Gasteiger charge is 2.15. The van der Waals surface area contributed by atoms with Crippen molar-refractivity contribution in [1.82, 2.24) is 0 Å². The SMILES string of the molecule is Cc1cc(N)ccc1C(=O)c1cccc(C)c1Cl. The summed E-state index contributed by atoms with van der Waals surface area (Å²) in [5.41, 5.74) is 9.26. The first-order chi connectivity index (χ1) is 8.50. The molecule has 0 bridgehead atoms. The Morgan fingerprint density at radius 1 is 1.06 bits per heavy atom. The topological polar surface area (TPSA) is 43.1 Å². The molecule has 0 saturated carbocycles. The molecule has 18 heavy (non-hydrogen) atoms. The van der Waals surface area contributed by atoms with Crippen molar-refractivity contribution >= 4 is 23.1 Å². The van der Waals surface area contributed by atoms with Crippen LogP contribution in [0.4, 0.5) is 5.69 Å². The van der Waals surface area contributed by atoms with Crippen LogP contribution in [0.3, 0.4) is 0 Å². The van der Waals surface area contributed by atoms with Crippen LogP contribution in [0.15, 0.2) is 36.4 Å². The molecule has 0 radical (unpaired) electrons. The number of rotatable bonds is 2. The van der Waals surface area contributed by atoms with Crippen molar-refractivity contribution in [2.45, 2.75) is 13.8 Å². The minimum Gasteiger partial charge on any atom is -0.399 e. The summed E-state index contributed by atoms with van der Waals surface area (Å²) in [6, 6.07) is 10.7. The monoisotopic (exact) mass is 259 g/mol. The molecule has 0 fully saturated rings. The van der Waals surface area contributed by atoms with Gasteiger partial charge in [-0.15, -0.1) is 0 Å². The van der Waals surface area contributed by atoms with E-state index in [1.807, 2.05) is 26.0 Å². The third-order valence-corrected chi connectivity index (χ3v) is 3.43. The van der Waals surface area contributed by atoms with E-state index in [-0.39, 0.29) is 5.78 Å². The van der Waals surface area contributed by atoms with E-state index < -0.39 is 0 Å². The maximum absolute atomic E-state index is 12.4. The molecule has 2 rings (SSSR count). The number of nitrogen functional groups attached to an aromatic ring is 1. The summed E-state index contributed by atoms with van der Waals surface area (Å²) in [5, 5.41) is 0.513. The second-order valence-electron chi connectivity index (χ2n) is 4.34. The van der Waals surface area contributed by atoms with E-state index in [0.717, 1.165) is 11.1 Å². The summed E-state index contributed by atoms with van der Waals surface area (Å²) in [7, 11) is 0. The van der Waals surface area contributed by atoms with Crippen LogP contribution in [0.1, 0.15) is 27.0 Å². The Morgan fingerprint density at radius 3 is 2.44 bits per heavy atom. The van der Waals surface area contributed by atoms with E-state index in [2.05, 4.69) is 0 Å². The summed E-state index contributed by atoms with van der Waals surface area (Å²) in [6.07, 6.45) is 0. The average molecular weight is 260 g/mol. The molecule has 92 valence electrons. The van der Waals surface area contributed by atoms with Crippen LogP contribution in [0, 0.1) is 13.8 Å². The second kappa shape index (κ2) is 4.83. The summed E-state index contributed by atoms with van der Waals surface area (Å²) < 4.78 is 0. The molecule has 2 nitrogen and oxygen atoms in total. The first-order valence-corrected chi connectivity index (χ1v) is 6.04. The second-order valence-corrected chi connectivity index (χ2v) is 4.72. The molecular weight excluding hydrogens is 246 g/mol. The number of carbonyl (C=O) groups is 1. The van der Waals surface area contributed by atoms with Crippen molar-refractivity contribution in [2.24, 2.45) is 0 Å². The van der Waals surface area contributed by atoms with Gasteiger partial charge in [0.1, 0.15) is 0 Å². The molecule has 0 aliphatic rings. The minimum absolute atomic E-state index is 0.0683. The summed E-state index contributed by atoms with van der Waals surface area (Å²) in [5.74, 6) is -0.0683. The number of benzene rings is 2. The van der Waals surface area contributed by atoms with Crippen LogP contribution in [-0.2, 0) is 0 Å². The van der Waals surface area contributed by atoms with Gasteiger partial charge < -0.3 is 5.73 Å². The number of anilines is 1. The van der Waals surface area contributed by atoms with Gasteiger partial charge in [0, 0.05) is 16.8 Å². The Hall–Kier alpha value is -1.80. The van der Waals surface area contributed by atoms with E-state index >= 15 is 0 Å². The third kappa shape index (κ3) is 2.24. The van der Waals surface area contributed by atoms with Crippen LogP contribution < -0.4 is 5.73 Å². The van der Waals surface area contributed by atoms with Gasteiger partial charge in [0.2, 0.25) is 0 Å². The fraction of sp³-hybridized carbons (Fsp3) is 0.133. The summed E-state index contributed by atoms with van der Waals surface area (Å²) in [6.45, 7) is 3.75. The molecule has 0 saturated heterocycles. The Bertz CT molecular complexity index is 620. The molecule has 0 aliphatic carbocycles. The molecular formula is C15H14ClNO. The fourth-order valence-corrected chi connectivity index (χ4v) is 2.12. The zero-order valence-corrected chi connectivity index (χ0v) is 11.1. The van der Waals surface area contributed by atoms with Crippen molar-refractivity contribution in [1.29, 1.82) is 0 Å². The van der Waals surface area contributed by atoms with Crippen LogP contribution in [0.2, 0.25) is 5.02 Å². The lowest BCUT2D eigenvalue weighted by molar-refractivity contribution is 0.103. The van der Waals surface area contributed by atoms with E-state index in [9.17, 15) is 4.79 Å². The number of nitrogens with two attached hydrogens (primary N) is 1. The highest BCUT2D eigenvalue weighted by atomic mass is 35.5. The highest BCUT2D eigenvalue weighted by Crippen LogP contribution is 2.24. The fourth-order valence-electron chi connectivity index (χ4n) is 1.91. The lowest BCUT2D eigenvalue weighted by atomic mass is 9.97. The van der Waals surface area contributed by atoms with Crippen molar-refractivity contribution < 1.29 is 4.79 Å². The van der Waals surface area contributed by atoms with Gasteiger partial charge in [0.15, 0.2) is 5.78 Å². The minimum atomic E-state index is -0.0683. The van der Waals surface area contributed by atoms with Gasteiger partial charge in [0.05, 0.1) is 5.02 Å². The van der Waals surface area contributed by atoms with Crippen LogP contribution in [0.5, 0.6) is 0 Å². The van der Waals surface area contributed by atoms with Gasteiger partial charge in [-0.1, -0.05) is 23.7 Å². The predicted octanol–water partition coefficient (Wildman–Crippen LogP) is 3.77.